The van der Waals surface area contributed by atoms with Gasteiger partial charge in [0.15, 0.2) is 0 Å². The molecule has 0 aliphatic rings. The highest BCUT2D eigenvalue weighted by Crippen LogP contribution is 2.17. The van der Waals surface area contributed by atoms with E-state index in [0.29, 0.717) is 29.5 Å². The molecule has 19 heavy (non-hydrogen) atoms. The Morgan fingerprint density at radius 2 is 2.05 bits per heavy atom. The molecule has 0 fully saturated rings. The van der Waals surface area contributed by atoms with Gasteiger partial charge in [-0.15, -0.1) is 0 Å². The van der Waals surface area contributed by atoms with Gasteiger partial charge in [0.05, 0.1) is 12.6 Å². The maximum atomic E-state index is 5.87. The molecule has 2 heterocycles. The number of nitrogens with two attached hydrogens (primary N) is 1. The van der Waals surface area contributed by atoms with Crippen molar-refractivity contribution in [3.05, 3.63) is 54.3 Å². The van der Waals surface area contributed by atoms with Crippen molar-refractivity contribution in [1.82, 2.24) is 20.1 Å². The predicted octanol–water partition coefficient (Wildman–Crippen LogP) is 1.70. The van der Waals surface area contributed by atoms with E-state index in [1.165, 1.54) is 0 Å². The van der Waals surface area contributed by atoms with Crippen molar-refractivity contribution in [2.45, 2.75) is 6.42 Å². The lowest BCUT2D eigenvalue weighted by Crippen LogP contribution is -1.95. The lowest BCUT2D eigenvalue weighted by molar-refractivity contribution is 0.385. The summed E-state index contributed by atoms with van der Waals surface area (Å²) in [4.78, 5) is 12.4. The third kappa shape index (κ3) is 2.42. The Kier molecular flexibility index (Phi) is 2.89. The zero-order valence-corrected chi connectivity index (χ0v) is 10.0. The fraction of sp³-hybridized carbons (Fsp3) is 0.0769. The van der Waals surface area contributed by atoms with E-state index in [1.54, 1.807) is 18.6 Å². The summed E-state index contributed by atoms with van der Waals surface area (Å²) in [6.45, 7) is 0. The highest BCUT2D eigenvalue weighted by molar-refractivity contribution is 5.48. The van der Waals surface area contributed by atoms with E-state index in [0.717, 1.165) is 5.56 Å². The number of hydrogen-bond acceptors (Lipinski definition) is 6. The van der Waals surface area contributed by atoms with E-state index in [2.05, 4.69) is 20.1 Å². The van der Waals surface area contributed by atoms with Crippen LogP contribution < -0.4 is 5.73 Å². The minimum atomic E-state index is 0.428. The van der Waals surface area contributed by atoms with Crippen molar-refractivity contribution < 1.29 is 4.52 Å². The molecular weight excluding hydrogens is 242 g/mol. The van der Waals surface area contributed by atoms with Gasteiger partial charge in [-0.05, 0) is 11.6 Å². The molecule has 0 amide bonds. The highest BCUT2D eigenvalue weighted by atomic mass is 16.5. The summed E-state index contributed by atoms with van der Waals surface area (Å²) in [5.41, 5.74) is 8.12. The standard InChI is InChI=1S/C13H11N5O/c14-10-4-2-1-3-9(10)7-12-17-13(18-19-12)11-8-15-5-6-16-11/h1-6,8H,7,14H2. The lowest BCUT2D eigenvalue weighted by Gasteiger charge is -2.00. The van der Waals surface area contributed by atoms with Gasteiger partial charge in [-0.2, -0.15) is 4.98 Å². The predicted molar refractivity (Wildman–Crippen MR) is 69.0 cm³/mol. The van der Waals surface area contributed by atoms with Crippen molar-refractivity contribution in [2.24, 2.45) is 0 Å². The molecule has 2 N–H and O–H groups in total. The summed E-state index contributed by atoms with van der Waals surface area (Å²) < 4.78 is 5.19. The Labute approximate surface area is 109 Å². The Bertz CT molecular complexity index is 680. The zero-order chi connectivity index (χ0) is 13.1. The van der Waals surface area contributed by atoms with Gasteiger partial charge in [-0.3, -0.25) is 4.98 Å². The molecule has 3 aromatic rings. The van der Waals surface area contributed by atoms with Gasteiger partial charge >= 0.3 is 0 Å². The van der Waals surface area contributed by atoms with Gasteiger partial charge in [-0.1, -0.05) is 23.4 Å². The van der Waals surface area contributed by atoms with Crippen LogP contribution >= 0.6 is 0 Å². The van der Waals surface area contributed by atoms with Crippen molar-refractivity contribution >= 4 is 5.69 Å². The van der Waals surface area contributed by atoms with Crippen molar-refractivity contribution in [3.63, 3.8) is 0 Å². The molecule has 6 heteroatoms. The molecule has 0 saturated heterocycles. The molecule has 94 valence electrons. The lowest BCUT2D eigenvalue weighted by atomic mass is 10.1. The number of benzene rings is 1. The molecule has 1 aromatic carbocycles. The van der Waals surface area contributed by atoms with Crippen LogP contribution in [0.15, 0.2) is 47.4 Å². The highest BCUT2D eigenvalue weighted by Gasteiger charge is 2.11. The van der Waals surface area contributed by atoms with Crippen LogP contribution in [0.4, 0.5) is 5.69 Å². The first kappa shape index (κ1) is 11.3. The topological polar surface area (TPSA) is 90.7 Å². The Hall–Kier alpha value is -2.76. The van der Waals surface area contributed by atoms with Crippen LogP contribution in [-0.2, 0) is 6.42 Å². The fourth-order valence-corrected chi connectivity index (χ4v) is 1.70. The molecule has 0 unspecified atom stereocenters. The Morgan fingerprint density at radius 1 is 1.16 bits per heavy atom. The third-order valence-corrected chi connectivity index (χ3v) is 2.66. The molecule has 0 atom stereocenters. The molecule has 0 bridgehead atoms. The Balaban J connectivity index is 1.85. The quantitative estimate of drug-likeness (QED) is 0.714. The van der Waals surface area contributed by atoms with Crippen LogP contribution in [0, 0.1) is 0 Å². The van der Waals surface area contributed by atoms with Crippen LogP contribution in [0.25, 0.3) is 11.5 Å². The average molecular weight is 253 g/mol. The molecule has 3 rings (SSSR count). The van der Waals surface area contributed by atoms with Gasteiger partial charge < -0.3 is 10.3 Å². The van der Waals surface area contributed by atoms with Gasteiger partial charge in [0.25, 0.3) is 0 Å². The second-order valence-corrected chi connectivity index (χ2v) is 3.98. The average Bonchev–Trinajstić information content (AvgIpc) is 2.91. The maximum Gasteiger partial charge on any atom is 0.231 e. The molecule has 0 spiro atoms. The number of nitrogens with zero attached hydrogens (tertiary/aromatic N) is 4. The fourth-order valence-electron chi connectivity index (χ4n) is 1.70. The second-order valence-electron chi connectivity index (χ2n) is 3.98. The molecular formula is C13H11N5O. The number of hydrogen-bond donors (Lipinski definition) is 1. The van der Waals surface area contributed by atoms with E-state index < -0.39 is 0 Å². The van der Waals surface area contributed by atoms with Crippen LogP contribution in [0.2, 0.25) is 0 Å². The van der Waals surface area contributed by atoms with Crippen LogP contribution in [0.3, 0.4) is 0 Å². The SMILES string of the molecule is Nc1ccccc1Cc1nc(-c2cnccn2)no1. The summed E-state index contributed by atoms with van der Waals surface area (Å²) in [6.07, 6.45) is 5.27. The Morgan fingerprint density at radius 3 is 2.84 bits per heavy atom. The van der Waals surface area contributed by atoms with Crippen molar-refractivity contribution in [2.75, 3.05) is 5.73 Å². The summed E-state index contributed by atoms with van der Waals surface area (Å²) in [5.74, 6) is 0.927. The first-order valence-electron chi connectivity index (χ1n) is 5.75. The maximum absolute atomic E-state index is 5.87. The normalized spacial score (nSPS) is 10.5. The molecule has 0 saturated carbocycles. The number of anilines is 1. The van der Waals surface area contributed by atoms with Crippen LogP contribution in [0.1, 0.15) is 11.5 Å². The summed E-state index contributed by atoms with van der Waals surface area (Å²) in [5, 5.41) is 3.88. The number of nitrogen functional groups attached to an aromatic ring is 1. The monoisotopic (exact) mass is 253 g/mol. The minimum Gasteiger partial charge on any atom is -0.398 e. The third-order valence-electron chi connectivity index (χ3n) is 2.66. The van der Waals surface area contributed by atoms with Crippen molar-refractivity contribution in [1.29, 1.82) is 0 Å². The van der Waals surface area contributed by atoms with Gasteiger partial charge in [-0.25, -0.2) is 4.98 Å². The van der Waals surface area contributed by atoms with E-state index in [9.17, 15) is 0 Å². The van der Waals surface area contributed by atoms with Gasteiger partial charge in [0.2, 0.25) is 11.7 Å². The largest absolute Gasteiger partial charge is 0.398 e. The molecule has 6 nitrogen and oxygen atoms in total. The summed E-state index contributed by atoms with van der Waals surface area (Å²) in [7, 11) is 0. The molecule has 2 aromatic heterocycles. The first-order chi connectivity index (χ1) is 9.33. The van der Waals surface area contributed by atoms with E-state index in [1.807, 2.05) is 24.3 Å². The summed E-state index contributed by atoms with van der Waals surface area (Å²) in [6, 6.07) is 7.58. The smallest absolute Gasteiger partial charge is 0.231 e. The van der Waals surface area contributed by atoms with Gasteiger partial charge in [0.1, 0.15) is 5.69 Å². The van der Waals surface area contributed by atoms with Crippen LogP contribution in [-0.4, -0.2) is 20.1 Å². The second kappa shape index (κ2) is 4.85. The van der Waals surface area contributed by atoms with E-state index in [-0.39, 0.29) is 0 Å². The van der Waals surface area contributed by atoms with E-state index in [4.69, 9.17) is 10.3 Å². The summed E-state index contributed by atoms with van der Waals surface area (Å²) >= 11 is 0. The molecule has 0 aliphatic heterocycles. The molecule has 0 radical (unpaired) electrons. The van der Waals surface area contributed by atoms with E-state index >= 15 is 0 Å². The number of rotatable bonds is 3. The first-order valence-corrected chi connectivity index (χ1v) is 5.75. The zero-order valence-electron chi connectivity index (χ0n) is 10.0. The van der Waals surface area contributed by atoms with Gasteiger partial charge in [0, 0.05) is 18.1 Å². The minimum absolute atomic E-state index is 0.428. The number of aromatic nitrogens is 4. The van der Waals surface area contributed by atoms with Crippen molar-refractivity contribution in [3.8, 4) is 11.5 Å². The van der Waals surface area contributed by atoms with Crippen LogP contribution in [0.5, 0.6) is 0 Å². The molecule has 0 aliphatic carbocycles. The number of para-hydroxylation sites is 1.